The molecule has 0 aliphatic heterocycles. The lowest BCUT2D eigenvalue weighted by molar-refractivity contribution is -0.149. The van der Waals surface area contributed by atoms with Crippen molar-refractivity contribution < 1.29 is 32.3 Å². The third-order valence-corrected chi connectivity index (χ3v) is 2.95. The average Bonchev–Trinajstić information content (AvgIpc) is 2.46. The third-order valence-electron chi connectivity index (χ3n) is 2.95. The molecule has 0 bridgehead atoms. The summed E-state index contributed by atoms with van der Waals surface area (Å²) in [7, 11) is 0. The Labute approximate surface area is 125 Å². The molecule has 0 aliphatic rings. The van der Waals surface area contributed by atoms with Gasteiger partial charge in [0.25, 0.3) is 0 Å². The second-order valence-electron chi connectivity index (χ2n) is 4.41. The molecule has 1 rings (SSSR count). The summed E-state index contributed by atoms with van der Waals surface area (Å²) in [4.78, 5) is 35.9. The van der Waals surface area contributed by atoms with E-state index in [0.29, 0.717) is 0 Å². The molecule has 0 aliphatic carbocycles. The van der Waals surface area contributed by atoms with Crippen molar-refractivity contribution in [3.05, 3.63) is 35.4 Å². The molecule has 0 radical (unpaired) electrons. The maximum absolute atomic E-state index is 13.0. The lowest BCUT2D eigenvalue weighted by Gasteiger charge is -2.16. The van der Waals surface area contributed by atoms with E-state index in [2.05, 4.69) is 4.74 Å². The van der Waals surface area contributed by atoms with Crippen molar-refractivity contribution in [1.29, 1.82) is 0 Å². The van der Waals surface area contributed by atoms with Gasteiger partial charge in [-0.1, -0.05) is 25.1 Å². The fourth-order valence-electron chi connectivity index (χ4n) is 1.92. The number of ether oxygens (including phenoxy) is 1. The van der Waals surface area contributed by atoms with Crippen LogP contribution in [0.25, 0.3) is 0 Å². The summed E-state index contributed by atoms with van der Waals surface area (Å²) < 4.78 is 43.5. The Bertz CT molecular complexity index is 578. The molecule has 0 spiro atoms. The fourth-order valence-corrected chi connectivity index (χ4v) is 1.92. The Kier molecular flexibility index (Phi) is 5.84. The number of carbonyl (C=O) groups is 3. The summed E-state index contributed by atoms with van der Waals surface area (Å²) in [5, 5.41) is 0. The topological polar surface area (TPSA) is 60.4 Å². The molecule has 120 valence electrons. The Hall–Kier alpha value is -2.18. The molecule has 0 saturated carbocycles. The van der Waals surface area contributed by atoms with E-state index in [9.17, 15) is 27.6 Å². The predicted molar refractivity (Wildman–Crippen MR) is 71.2 cm³/mol. The summed E-state index contributed by atoms with van der Waals surface area (Å²) in [5.41, 5.74) is -1.90. The van der Waals surface area contributed by atoms with Gasteiger partial charge in [-0.25, -0.2) is 0 Å². The molecular formula is C15H15F3O4. The summed E-state index contributed by atoms with van der Waals surface area (Å²) in [6.07, 6.45) is -4.93. The Morgan fingerprint density at radius 3 is 2.23 bits per heavy atom. The van der Waals surface area contributed by atoms with Crippen LogP contribution >= 0.6 is 0 Å². The van der Waals surface area contributed by atoms with Crippen LogP contribution in [0.15, 0.2) is 24.3 Å². The monoisotopic (exact) mass is 316 g/mol. The summed E-state index contributed by atoms with van der Waals surface area (Å²) in [6, 6.07) is 4.04. The minimum Gasteiger partial charge on any atom is -0.465 e. The van der Waals surface area contributed by atoms with Crippen LogP contribution in [-0.4, -0.2) is 24.1 Å². The van der Waals surface area contributed by atoms with Crippen LogP contribution in [0.2, 0.25) is 0 Å². The lowest BCUT2D eigenvalue weighted by atomic mass is 9.90. The van der Waals surface area contributed by atoms with E-state index in [-0.39, 0.29) is 13.0 Å². The van der Waals surface area contributed by atoms with E-state index in [1.165, 1.54) is 19.9 Å². The Morgan fingerprint density at radius 1 is 1.14 bits per heavy atom. The Morgan fingerprint density at radius 2 is 1.73 bits per heavy atom. The number of halogens is 3. The highest BCUT2D eigenvalue weighted by molar-refractivity contribution is 6.22. The van der Waals surface area contributed by atoms with Crippen LogP contribution in [-0.2, 0) is 20.5 Å². The number of Topliss-reactive ketones (excluding diaryl/α,β-unsaturated/α-hetero) is 2. The van der Waals surface area contributed by atoms with Gasteiger partial charge in [-0.2, -0.15) is 13.2 Å². The molecular weight excluding hydrogens is 301 g/mol. The molecule has 0 heterocycles. The molecule has 7 heteroatoms. The fraction of sp³-hybridized carbons (Fsp3) is 0.400. The maximum atomic E-state index is 13.0. The number of rotatable bonds is 6. The van der Waals surface area contributed by atoms with Crippen molar-refractivity contribution in [3.8, 4) is 0 Å². The van der Waals surface area contributed by atoms with Crippen molar-refractivity contribution in [2.75, 3.05) is 6.61 Å². The predicted octanol–water partition coefficient (Wildman–Crippen LogP) is 3.05. The Balaban J connectivity index is 3.32. The summed E-state index contributed by atoms with van der Waals surface area (Å²) in [6.45, 7) is 2.80. The number of carbonyl (C=O) groups excluding carboxylic acids is 3. The smallest absolute Gasteiger partial charge is 0.417 e. The molecule has 0 saturated heterocycles. The molecule has 1 aromatic carbocycles. The zero-order valence-electron chi connectivity index (χ0n) is 12.1. The zero-order valence-corrected chi connectivity index (χ0v) is 12.1. The molecule has 1 aromatic rings. The van der Waals surface area contributed by atoms with Crippen LogP contribution in [0, 0.1) is 5.92 Å². The van der Waals surface area contributed by atoms with E-state index in [4.69, 9.17) is 0 Å². The molecule has 4 nitrogen and oxygen atoms in total. The number of alkyl halides is 3. The van der Waals surface area contributed by atoms with E-state index in [0.717, 1.165) is 18.2 Å². The van der Waals surface area contributed by atoms with Crippen molar-refractivity contribution in [2.24, 2.45) is 5.92 Å². The average molecular weight is 316 g/mol. The van der Waals surface area contributed by atoms with E-state index in [1.54, 1.807) is 0 Å². The molecule has 0 fully saturated rings. The van der Waals surface area contributed by atoms with Gasteiger partial charge in [-0.3, -0.25) is 14.4 Å². The van der Waals surface area contributed by atoms with Gasteiger partial charge >= 0.3 is 12.1 Å². The number of hydrogen-bond acceptors (Lipinski definition) is 4. The van der Waals surface area contributed by atoms with Crippen LogP contribution in [0.5, 0.6) is 0 Å². The second kappa shape index (κ2) is 7.20. The highest BCUT2D eigenvalue weighted by atomic mass is 19.4. The van der Waals surface area contributed by atoms with Gasteiger partial charge in [-0.15, -0.1) is 0 Å². The minimum absolute atomic E-state index is 0.0828. The first kappa shape index (κ1) is 17.9. The standard InChI is InChI=1S/C15H15F3O4/c1-3-11(19)12(14(21)22-4-2)13(20)9-7-5-6-8-10(9)15(16,17)18/h5-8,12H,3-4H2,1-2H3. The molecule has 1 unspecified atom stereocenters. The maximum Gasteiger partial charge on any atom is 0.417 e. The van der Waals surface area contributed by atoms with Gasteiger partial charge in [-0.05, 0) is 13.0 Å². The van der Waals surface area contributed by atoms with Crippen molar-refractivity contribution >= 4 is 17.5 Å². The number of ketones is 2. The zero-order chi connectivity index (χ0) is 16.9. The first-order chi connectivity index (χ1) is 10.2. The molecule has 22 heavy (non-hydrogen) atoms. The van der Waals surface area contributed by atoms with E-state index < -0.39 is 40.8 Å². The van der Waals surface area contributed by atoms with Gasteiger partial charge < -0.3 is 4.74 Å². The highest BCUT2D eigenvalue weighted by Crippen LogP contribution is 2.33. The molecule has 0 aromatic heterocycles. The van der Waals surface area contributed by atoms with Gasteiger partial charge in [0.1, 0.15) is 0 Å². The van der Waals surface area contributed by atoms with Crippen LogP contribution < -0.4 is 0 Å². The van der Waals surface area contributed by atoms with Gasteiger partial charge in [0.15, 0.2) is 17.5 Å². The van der Waals surface area contributed by atoms with Gasteiger partial charge in [0.2, 0.25) is 0 Å². The SMILES string of the molecule is CCOC(=O)C(C(=O)CC)C(=O)c1ccccc1C(F)(F)F. The van der Waals surface area contributed by atoms with E-state index in [1.807, 2.05) is 0 Å². The van der Waals surface area contributed by atoms with Crippen molar-refractivity contribution in [1.82, 2.24) is 0 Å². The lowest BCUT2D eigenvalue weighted by Crippen LogP contribution is -2.34. The number of esters is 1. The largest absolute Gasteiger partial charge is 0.465 e. The van der Waals surface area contributed by atoms with Gasteiger partial charge in [0.05, 0.1) is 12.2 Å². The first-order valence-corrected chi connectivity index (χ1v) is 6.63. The van der Waals surface area contributed by atoms with Crippen LogP contribution in [0.3, 0.4) is 0 Å². The molecule has 1 atom stereocenters. The van der Waals surface area contributed by atoms with E-state index >= 15 is 0 Å². The van der Waals surface area contributed by atoms with Crippen LogP contribution in [0.1, 0.15) is 36.2 Å². The van der Waals surface area contributed by atoms with Crippen molar-refractivity contribution in [2.45, 2.75) is 26.4 Å². The quantitative estimate of drug-likeness (QED) is 0.460. The summed E-state index contributed by atoms with van der Waals surface area (Å²) >= 11 is 0. The second-order valence-corrected chi connectivity index (χ2v) is 4.41. The normalized spacial score (nSPS) is 12.6. The third kappa shape index (κ3) is 3.93. The minimum atomic E-state index is -4.76. The highest BCUT2D eigenvalue weighted by Gasteiger charge is 2.40. The molecule has 0 amide bonds. The van der Waals surface area contributed by atoms with Gasteiger partial charge in [0, 0.05) is 12.0 Å². The van der Waals surface area contributed by atoms with Crippen molar-refractivity contribution in [3.63, 3.8) is 0 Å². The summed E-state index contributed by atoms with van der Waals surface area (Å²) in [5.74, 6) is -4.97. The number of hydrogen-bond donors (Lipinski definition) is 0. The first-order valence-electron chi connectivity index (χ1n) is 6.63. The molecule has 0 N–H and O–H groups in total. The van der Waals surface area contributed by atoms with Crippen LogP contribution in [0.4, 0.5) is 13.2 Å². The number of benzene rings is 1.